The van der Waals surface area contributed by atoms with Crippen LogP contribution in [0.3, 0.4) is 0 Å². The first-order valence-corrected chi connectivity index (χ1v) is 25.9. The van der Waals surface area contributed by atoms with E-state index in [1.807, 2.05) is 0 Å². The van der Waals surface area contributed by atoms with Crippen LogP contribution >= 0.6 is 0 Å². The van der Waals surface area contributed by atoms with Gasteiger partial charge in [0.25, 0.3) is 0 Å². The highest BCUT2D eigenvalue weighted by Crippen LogP contribution is 2.15. The molecule has 0 aromatic carbocycles. The van der Waals surface area contributed by atoms with Gasteiger partial charge in [-0.15, -0.1) is 0 Å². The van der Waals surface area contributed by atoms with Crippen LogP contribution in [0.5, 0.6) is 0 Å². The van der Waals surface area contributed by atoms with Gasteiger partial charge in [0.05, 0.1) is 0 Å². The Hall–Kier alpha value is -3.15. The van der Waals surface area contributed by atoms with Gasteiger partial charge in [-0.1, -0.05) is 216 Å². The zero-order valence-corrected chi connectivity index (χ0v) is 40.6. The molecule has 1 atom stereocenters. The molecule has 6 heteroatoms. The second-order valence-corrected chi connectivity index (χ2v) is 17.0. The third-order valence-electron chi connectivity index (χ3n) is 11.0. The lowest BCUT2D eigenvalue weighted by molar-refractivity contribution is -0.167. The normalized spacial score (nSPS) is 12.6. The predicted molar refractivity (Wildman–Crippen MR) is 265 cm³/mol. The lowest BCUT2D eigenvalue weighted by Crippen LogP contribution is -2.30. The Morgan fingerprint density at radius 1 is 0.339 bits per heavy atom. The Morgan fingerprint density at radius 3 is 1.02 bits per heavy atom. The van der Waals surface area contributed by atoms with Crippen molar-refractivity contribution in [3.63, 3.8) is 0 Å². The minimum Gasteiger partial charge on any atom is -0.462 e. The van der Waals surface area contributed by atoms with Crippen LogP contribution in [0.15, 0.2) is 72.9 Å². The van der Waals surface area contributed by atoms with Crippen LogP contribution in [0.4, 0.5) is 0 Å². The summed E-state index contributed by atoms with van der Waals surface area (Å²) in [5, 5.41) is 0. The van der Waals surface area contributed by atoms with Crippen molar-refractivity contribution >= 4 is 17.9 Å². The van der Waals surface area contributed by atoms with Crippen LogP contribution in [0.1, 0.15) is 245 Å². The lowest BCUT2D eigenvalue weighted by atomic mass is 10.0. The Morgan fingerprint density at radius 2 is 0.629 bits per heavy atom. The minimum atomic E-state index is -0.800. The number of unbranched alkanes of at least 4 members (excludes halogenated alkanes) is 23. The molecule has 1 unspecified atom stereocenters. The summed E-state index contributed by atoms with van der Waals surface area (Å²) in [5.41, 5.74) is 0. The van der Waals surface area contributed by atoms with Crippen LogP contribution < -0.4 is 0 Å². The lowest BCUT2D eigenvalue weighted by Gasteiger charge is -2.18. The monoisotopic (exact) mass is 865 g/mol. The van der Waals surface area contributed by atoms with Crippen molar-refractivity contribution in [2.24, 2.45) is 0 Å². The molecule has 0 saturated carbocycles. The number of hydrogen-bond donors (Lipinski definition) is 0. The molecule has 0 amide bonds. The molecule has 0 rings (SSSR count). The maximum Gasteiger partial charge on any atom is 0.306 e. The zero-order valence-electron chi connectivity index (χ0n) is 40.6. The van der Waals surface area contributed by atoms with Crippen molar-refractivity contribution in [1.82, 2.24) is 0 Å². The van der Waals surface area contributed by atoms with Gasteiger partial charge in [-0.2, -0.15) is 0 Å². The molecule has 0 heterocycles. The maximum absolute atomic E-state index is 12.8. The van der Waals surface area contributed by atoms with Crippen LogP contribution in [0, 0.1) is 0 Å². The van der Waals surface area contributed by atoms with E-state index < -0.39 is 6.10 Å². The van der Waals surface area contributed by atoms with E-state index in [0.29, 0.717) is 19.3 Å². The molecule has 0 aromatic rings. The van der Waals surface area contributed by atoms with E-state index in [-0.39, 0.29) is 31.1 Å². The van der Waals surface area contributed by atoms with E-state index in [1.54, 1.807) is 0 Å². The molecular weight excluding hydrogens is 769 g/mol. The molecule has 6 nitrogen and oxygen atoms in total. The van der Waals surface area contributed by atoms with Crippen molar-refractivity contribution < 1.29 is 28.6 Å². The fourth-order valence-corrected chi connectivity index (χ4v) is 7.12. The molecule has 0 spiro atoms. The maximum atomic E-state index is 12.8. The average Bonchev–Trinajstić information content (AvgIpc) is 3.27. The van der Waals surface area contributed by atoms with Gasteiger partial charge in [0.1, 0.15) is 13.2 Å². The van der Waals surface area contributed by atoms with E-state index in [9.17, 15) is 14.4 Å². The van der Waals surface area contributed by atoms with Gasteiger partial charge in [0.15, 0.2) is 6.10 Å². The molecule has 0 radical (unpaired) electrons. The summed E-state index contributed by atoms with van der Waals surface area (Å²) in [4.78, 5) is 37.9. The van der Waals surface area contributed by atoms with E-state index in [2.05, 4.69) is 93.7 Å². The summed E-state index contributed by atoms with van der Waals surface area (Å²) in [6.07, 6.45) is 63.3. The van der Waals surface area contributed by atoms with Gasteiger partial charge in [0, 0.05) is 19.3 Å². The van der Waals surface area contributed by atoms with Gasteiger partial charge in [-0.25, -0.2) is 0 Å². The average molecular weight is 865 g/mol. The number of allylic oxidation sites excluding steroid dienone is 12. The van der Waals surface area contributed by atoms with Crippen molar-refractivity contribution in [2.75, 3.05) is 13.2 Å². The summed E-state index contributed by atoms with van der Waals surface area (Å²) in [6, 6.07) is 0. The fourth-order valence-electron chi connectivity index (χ4n) is 7.12. The summed E-state index contributed by atoms with van der Waals surface area (Å²) in [5.74, 6) is -0.956. The number of carbonyl (C=O) groups excluding carboxylic acids is 3. The van der Waals surface area contributed by atoms with Crippen LogP contribution in [0.25, 0.3) is 0 Å². The highest BCUT2D eigenvalue weighted by atomic mass is 16.6. The Labute approximate surface area is 382 Å². The molecule has 0 saturated heterocycles. The second kappa shape index (κ2) is 50.5. The summed E-state index contributed by atoms with van der Waals surface area (Å²) >= 11 is 0. The number of esters is 3. The molecule has 62 heavy (non-hydrogen) atoms. The molecule has 0 fully saturated rings. The molecule has 0 bridgehead atoms. The quantitative estimate of drug-likeness (QED) is 0.0262. The van der Waals surface area contributed by atoms with E-state index >= 15 is 0 Å². The van der Waals surface area contributed by atoms with Crippen LogP contribution in [0.2, 0.25) is 0 Å². The van der Waals surface area contributed by atoms with Crippen molar-refractivity contribution in [3.8, 4) is 0 Å². The van der Waals surface area contributed by atoms with E-state index in [0.717, 1.165) is 109 Å². The molecule has 0 aromatic heterocycles. The molecular formula is C56H96O6. The molecule has 0 aliphatic rings. The first kappa shape index (κ1) is 58.9. The van der Waals surface area contributed by atoms with Gasteiger partial charge in [-0.05, 0) is 83.5 Å². The van der Waals surface area contributed by atoms with Crippen molar-refractivity contribution in [1.29, 1.82) is 0 Å². The van der Waals surface area contributed by atoms with Gasteiger partial charge in [0.2, 0.25) is 0 Å². The van der Waals surface area contributed by atoms with Crippen LogP contribution in [-0.2, 0) is 28.6 Å². The third-order valence-corrected chi connectivity index (χ3v) is 11.0. The number of carbonyl (C=O) groups is 3. The highest BCUT2D eigenvalue weighted by molar-refractivity contribution is 5.71. The Balaban J connectivity index is 4.40. The first-order chi connectivity index (χ1) is 30.5. The SMILES string of the molecule is CC/C=C\C/C=C\C/C=C\CCCCCCC(=O)OC(COC(=O)CCCC/C=C\C/C=C\C/C=C\CC)COC(=O)CCCCCCCCCCCCCCCCCCCC. The second-order valence-electron chi connectivity index (χ2n) is 17.0. The minimum absolute atomic E-state index is 0.0952. The van der Waals surface area contributed by atoms with Crippen molar-refractivity contribution in [2.45, 2.75) is 252 Å². The largest absolute Gasteiger partial charge is 0.462 e. The highest BCUT2D eigenvalue weighted by Gasteiger charge is 2.19. The summed E-state index contributed by atoms with van der Waals surface area (Å²) < 4.78 is 16.7. The number of hydrogen-bond acceptors (Lipinski definition) is 6. The van der Waals surface area contributed by atoms with Gasteiger partial charge >= 0.3 is 17.9 Å². The fraction of sp³-hybridized carbons (Fsp3) is 0.732. The standard InChI is InChI=1S/C56H96O6/c1-4-7-10-13-16-19-22-25-27-28-29-30-32-34-37-40-43-46-49-55(58)61-52-53(51-60-54(57)48-45-42-39-36-33-24-21-18-15-12-9-6-3)62-56(59)50-47-44-41-38-35-31-26-23-20-17-14-11-8-5-2/h8-9,11-12,17-18,20-21,26,31,33,36,53H,4-7,10,13-16,19,22-25,27-30,32,34-35,37-52H2,1-3H3/b11-8-,12-9-,20-17-,21-18-,31-26-,36-33-. The molecule has 356 valence electrons. The molecule has 0 aliphatic heterocycles. The zero-order chi connectivity index (χ0) is 45.1. The topological polar surface area (TPSA) is 78.9 Å². The van der Waals surface area contributed by atoms with Crippen LogP contribution in [-0.4, -0.2) is 37.2 Å². The van der Waals surface area contributed by atoms with Gasteiger partial charge < -0.3 is 14.2 Å². The molecule has 0 N–H and O–H groups in total. The number of ether oxygens (including phenoxy) is 3. The summed E-state index contributed by atoms with van der Waals surface area (Å²) in [6.45, 7) is 6.36. The van der Waals surface area contributed by atoms with E-state index in [4.69, 9.17) is 14.2 Å². The Bertz CT molecular complexity index is 1180. The predicted octanol–water partition coefficient (Wildman–Crippen LogP) is 17.0. The van der Waals surface area contributed by atoms with E-state index in [1.165, 1.54) is 96.3 Å². The first-order valence-electron chi connectivity index (χ1n) is 25.9. The van der Waals surface area contributed by atoms with Gasteiger partial charge in [-0.3, -0.25) is 14.4 Å². The Kier molecular flexibility index (Phi) is 47.9. The number of rotatable bonds is 46. The van der Waals surface area contributed by atoms with Crippen molar-refractivity contribution in [3.05, 3.63) is 72.9 Å². The smallest absolute Gasteiger partial charge is 0.306 e. The third kappa shape index (κ3) is 47.9. The summed E-state index contributed by atoms with van der Waals surface area (Å²) in [7, 11) is 0. The molecule has 0 aliphatic carbocycles.